The van der Waals surface area contributed by atoms with E-state index in [1.54, 1.807) is 29.5 Å². The number of imidazole rings is 1. The zero-order valence-corrected chi connectivity index (χ0v) is 20.0. The van der Waals surface area contributed by atoms with Crippen molar-refractivity contribution in [3.05, 3.63) is 56.9 Å². The molecular weight excluding hydrogens is 456 g/mol. The van der Waals surface area contributed by atoms with Crippen molar-refractivity contribution in [3.63, 3.8) is 0 Å². The van der Waals surface area contributed by atoms with Gasteiger partial charge in [0.25, 0.3) is 0 Å². The number of carbonyl (C=O) groups excluding carboxylic acids is 1. The zero-order valence-electron chi connectivity index (χ0n) is 18.3. The molecule has 8 nitrogen and oxygen atoms in total. The molecule has 1 atom stereocenters. The van der Waals surface area contributed by atoms with E-state index in [1.165, 1.54) is 35.9 Å². The van der Waals surface area contributed by atoms with Crippen LogP contribution in [-0.4, -0.2) is 35.9 Å². The molecule has 0 radical (unpaired) electrons. The highest BCUT2D eigenvalue weighted by atomic mass is 32.2. The van der Waals surface area contributed by atoms with Gasteiger partial charge < -0.3 is 19.9 Å². The van der Waals surface area contributed by atoms with Crippen LogP contribution in [-0.2, 0) is 11.2 Å². The van der Waals surface area contributed by atoms with Crippen molar-refractivity contribution in [2.75, 3.05) is 5.32 Å². The molecule has 3 aromatic heterocycles. The third-order valence-electron chi connectivity index (χ3n) is 6.02. The molecule has 0 saturated heterocycles. The number of nitrogens with zero attached hydrogens (tertiary/aromatic N) is 3. The first kappa shape index (κ1) is 22.0. The highest BCUT2D eigenvalue weighted by molar-refractivity contribution is 8.00. The summed E-state index contributed by atoms with van der Waals surface area (Å²) in [6, 6.07) is 9.88. The van der Waals surface area contributed by atoms with Gasteiger partial charge in [-0.05, 0) is 49.4 Å². The first-order valence-electron chi connectivity index (χ1n) is 11.2. The number of aromatic nitrogens is 5. The molecule has 1 amide bonds. The molecule has 33 heavy (non-hydrogen) atoms. The Labute approximate surface area is 199 Å². The summed E-state index contributed by atoms with van der Waals surface area (Å²) in [5.74, 6) is 0.858. The van der Waals surface area contributed by atoms with E-state index in [0.29, 0.717) is 22.8 Å². The fourth-order valence-electron chi connectivity index (χ4n) is 4.35. The number of fused-ring (bicyclic) bond motifs is 1. The summed E-state index contributed by atoms with van der Waals surface area (Å²) < 4.78 is 2.28. The van der Waals surface area contributed by atoms with Crippen LogP contribution in [0.2, 0.25) is 0 Å². The van der Waals surface area contributed by atoms with Gasteiger partial charge in [0.05, 0.1) is 16.3 Å². The average Bonchev–Trinajstić information content (AvgIpc) is 3.54. The van der Waals surface area contributed by atoms with Crippen LogP contribution in [0.4, 0.5) is 5.69 Å². The Hall–Kier alpha value is -2.85. The summed E-state index contributed by atoms with van der Waals surface area (Å²) in [5, 5.41) is 14.5. The molecule has 1 fully saturated rings. The Balaban J connectivity index is 1.33. The number of hydrogen-bond donors (Lipinski definition) is 3. The lowest BCUT2D eigenvalue weighted by atomic mass is 9.95. The quantitative estimate of drug-likeness (QED) is 0.330. The number of aromatic amines is 2. The molecule has 5 rings (SSSR count). The summed E-state index contributed by atoms with van der Waals surface area (Å²) >= 11 is 3.18. The topological polar surface area (TPSA) is 108 Å². The number of rotatable bonds is 7. The van der Waals surface area contributed by atoms with Crippen molar-refractivity contribution < 1.29 is 4.79 Å². The summed E-state index contributed by atoms with van der Waals surface area (Å²) in [6.07, 6.45) is 6.71. The number of nitrogens with one attached hydrogen (secondary N) is 3. The number of thiophene rings is 1. The highest BCUT2D eigenvalue weighted by Gasteiger charge is 2.26. The molecule has 172 valence electrons. The lowest BCUT2D eigenvalue weighted by molar-refractivity contribution is -0.115. The maximum absolute atomic E-state index is 12.9. The predicted octanol–water partition coefficient (Wildman–Crippen LogP) is 4.72. The van der Waals surface area contributed by atoms with Gasteiger partial charge in [-0.3, -0.25) is 4.79 Å². The van der Waals surface area contributed by atoms with E-state index < -0.39 is 0 Å². The number of hydrogen-bond acceptors (Lipinski definition) is 6. The summed E-state index contributed by atoms with van der Waals surface area (Å²) in [4.78, 5) is 31.1. The van der Waals surface area contributed by atoms with Gasteiger partial charge >= 0.3 is 5.69 Å². The van der Waals surface area contributed by atoms with Gasteiger partial charge in [-0.25, -0.2) is 4.79 Å². The van der Waals surface area contributed by atoms with Gasteiger partial charge in [-0.15, -0.1) is 21.5 Å². The van der Waals surface area contributed by atoms with Crippen LogP contribution in [0.1, 0.15) is 55.8 Å². The normalized spacial score (nSPS) is 15.7. The number of thioether (sulfide) groups is 1. The molecule has 1 aliphatic carbocycles. The van der Waals surface area contributed by atoms with Crippen LogP contribution in [0, 0.1) is 0 Å². The van der Waals surface area contributed by atoms with Gasteiger partial charge in [0.1, 0.15) is 5.82 Å². The highest BCUT2D eigenvalue weighted by Crippen LogP contribution is 2.35. The largest absolute Gasteiger partial charge is 0.325 e. The molecule has 1 aliphatic rings. The molecule has 0 bridgehead atoms. The first-order chi connectivity index (χ1) is 16.1. The number of H-pyrrole nitrogens is 2. The molecule has 1 unspecified atom stereocenters. The van der Waals surface area contributed by atoms with Crippen LogP contribution >= 0.6 is 23.1 Å². The van der Waals surface area contributed by atoms with Crippen LogP contribution in [0.15, 0.2) is 45.7 Å². The van der Waals surface area contributed by atoms with Gasteiger partial charge in [0.2, 0.25) is 5.91 Å². The lowest BCUT2D eigenvalue weighted by Crippen LogP contribution is -2.24. The third kappa shape index (κ3) is 4.91. The molecular formula is C23H26N6O2S2. The first-order valence-corrected chi connectivity index (χ1v) is 13.0. The van der Waals surface area contributed by atoms with Crippen molar-refractivity contribution in [3.8, 4) is 0 Å². The van der Waals surface area contributed by atoms with Gasteiger partial charge in [0, 0.05) is 23.0 Å². The molecule has 3 heterocycles. The standard InChI is InChI=1S/C23H26N6O2S2/c1-14(21(30)24-15-9-10-18-19(12-15)26-22(31)25-18)33-23-28-27-20(13-17-8-5-11-32-17)29(23)16-6-3-2-4-7-16/h5,8-12,14,16H,2-4,6-7,13H2,1H3,(H,24,30)(H2,25,26,31). The van der Waals surface area contributed by atoms with Gasteiger partial charge in [-0.1, -0.05) is 37.1 Å². The van der Waals surface area contributed by atoms with Gasteiger partial charge in [-0.2, -0.15) is 0 Å². The average molecular weight is 483 g/mol. The Morgan fingerprint density at radius 2 is 2.03 bits per heavy atom. The fourth-order valence-corrected chi connectivity index (χ4v) is 5.99. The number of benzene rings is 1. The second-order valence-corrected chi connectivity index (χ2v) is 10.7. The monoisotopic (exact) mass is 482 g/mol. The Kier molecular flexibility index (Phi) is 6.37. The van der Waals surface area contributed by atoms with E-state index in [0.717, 1.165) is 30.2 Å². The lowest BCUT2D eigenvalue weighted by Gasteiger charge is -2.26. The van der Waals surface area contributed by atoms with Crippen LogP contribution in [0.5, 0.6) is 0 Å². The molecule has 10 heteroatoms. The molecule has 1 saturated carbocycles. The second kappa shape index (κ2) is 9.56. The van der Waals surface area contributed by atoms with E-state index >= 15 is 0 Å². The fraction of sp³-hybridized carbons (Fsp3) is 0.391. The minimum Gasteiger partial charge on any atom is -0.325 e. The minimum absolute atomic E-state index is 0.116. The zero-order chi connectivity index (χ0) is 22.8. The van der Waals surface area contributed by atoms with Crippen molar-refractivity contribution in [2.45, 2.75) is 61.9 Å². The molecule has 1 aromatic carbocycles. The van der Waals surface area contributed by atoms with Crippen LogP contribution < -0.4 is 11.0 Å². The van der Waals surface area contributed by atoms with Crippen LogP contribution in [0.25, 0.3) is 11.0 Å². The Morgan fingerprint density at radius 1 is 1.21 bits per heavy atom. The predicted molar refractivity (Wildman–Crippen MR) is 132 cm³/mol. The molecule has 4 aromatic rings. The third-order valence-corrected chi connectivity index (χ3v) is 7.96. The van der Waals surface area contributed by atoms with Crippen LogP contribution in [0.3, 0.4) is 0 Å². The van der Waals surface area contributed by atoms with E-state index in [9.17, 15) is 9.59 Å². The van der Waals surface area contributed by atoms with Crippen molar-refractivity contribution in [2.24, 2.45) is 0 Å². The van der Waals surface area contributed by atoms with E-state index in [2.05, 4.69) is 47.6 Å². The maximum Gasteiger partial charge on any atom is 0.323 e. The van der Waals surface area contributed by atoms with Crippen molar-refractivity contribution in [1.29, 1.82) is 0 Å². The van der Waals surface area contributed by atoms with Crippen molar-refractivity contribution >= 4 is 45.7 Å². The molecule has 3 N–H and O–H groups in total. The van der Waals surface area contributed by atoms with E-state index in [4.69, 9.17) is 0 Å². The summed E-state index contributed by atoms with van der Waals surface area (Å²) in [5.41, 5.74) is 1.74. The van der Waals surface area contributed by atoms with Crippen molar-refractivity contribution in [1.82, 2.24) is 24.7 Å². The smallest absolute Gasteiger partial charge is 0.323 e. The SMILES string of the molecule is CC(Sc1nnc(Cc2cccs2)n1C1CCCCC1)C(=O)Nc1ccc2[nH]c(=O)[nH]c2c1. The van der Waals surface area contributed by atoms with E-state index in [1.807, 2.05) is 6.92 Å². The number of carbonyl (C=O) groups is 1. The minimum atomic E-state index is -0.355. The molecule has 0 spiro atoms. The summed E-state index contributed by atoms with van der Waals surface area (Å²) in [7, 11) is 0. The number of anilines is 1. The van der Waals surface area contributed by atoms with Gasteiger partial charge in [0.15, 0.2) is 5.16 Å². The maximum atomic E-state index is 12.9. The van der Waals surface area contributed by atoms with E-state index in [-0.39, 0.29) is 16.8 Å². The number of amides is 1. The molecule has 0 aliphatic heterocycles. The Morgan fingerprint density at radius 3 is 2.82 bits per heavy atom. The summed E-state index contributed by atoms with van der Waals surface area (Å²) in [6.45, 7) is 1.88. The Bertz CT molecular complexity index is 1300. The second-order valence-electron chi connectivity index (χ2n) is 8.41.